The molecule has 0 aromatic heterocycles. The Balaban J connectivity index is 1.15. The Hall–Kier alpha value is -2.77. The molecule has 0 spiro atoms. The van der Waals surface area contributed by atoms with E-state index in [0.29, 0.717) is 18.1 Å². The molecular weight excluding hydrogens is 406 g/mol. The maximum Gasteiger partial charge on any atom is 0.164 e. The van der Waals surface area contributed by atoms with Crippen molar-refractivity contribution < 1.29 is 19.0 Å². The van der Waals surface area contributed by atoms with E-state index in [-0.39, 0.29) is 12.0 Å². The van der Waals surface area contributed by atoms with Gasteiger partial charge in [0.05, 0.1) is 20.1 Å². The number of nitrogens with zero attached hydrogens (tertiary/aromatic N) is 3. The van der Waals surface area contributed by atoms with Crippen molar-refractivity contribution in [1.29, 1.82) is 0 Å². The molecule has 0 radical (unpaired) electrons. The van der Waals surface area contributed by atoms with Crippen LogP contribution in [0, 0.1) is 5.92 Å². The van der Waals surface area contributed by atoms with Gasteiger partial charge in [-0.3, -0.25) is 4.90 Å². The molecule has 170 valence electrons. The minimum atomic E-state index is 0.0158. The molecular formula is C25H31N3O4. The van der Waals surface area contributed by atoms with Gasteiger partial charge in [-0.25, -0.2) is 0 Å². The van der Waals surface area contributed by atoms with E-state index < -0.39 is 0 Å². The molecule has 3 heterocycles. The summed E-state index contributed by atoms with van der Waals surface area (Å²) in [5.74, 6) is 2.24. The van der Waals surface area contributed by atoms with Crippen LogP contribution in [0.25, 0.3) is 0 Å². The average molecular weight is 438 g/mol. The number of rotatable bonds is 7. The van der Waals surface area contributed by atoms with Crippen LogP contribution in [-0.4, -0.2) is 81.7 Å². The molecule has 0 bridgehead atoms. The van der Waals surface area contributed by atoms with Crippen LogP contribution in [0.3, 0.4) is 0 Å². The lowest BCUT2D eigenvalue weighted by Gasteiger charge is -2.36. The first kappa shape index (κ1) is 21.1. The molecule has 3 aliphatic heterocycles. The summed E-state index contributed by atoms with van der Waals surface area (Å²) < 4.78 is 16.9. The molecule has 1 fully saturated rings. The average Bonchev–Trinajstić information content (AvgIpc) is 3.26. The number of hydrogen-bond acceptors (Lipinski definition) is 7. The Kier molecular flexibility index (Phi) is 6.19. The summed E-state index contributed by atoms with van der Waals surface area (Å²) in [6.45, 7) is 6.85. The number of benzene rings is 2. The third-order valence-corrected chi connectivity index (χ3v) is 6.73. The van der Waals surface area contributed by atoms with Gasteiger partial charge in [-0.15, -0.1) is 0 Å². The minimum absolute atomic E-state index is 0.0158. The molecule has 7 nitrogen and oxygen atoms in total. The van der Waals surface area contributed by atoms with Gasteiger partial charge in [0.25, 0.3) is 0 Å². The van der Waals surface area contributed by atoms with Gasteiger partial charge < -0.3 is 23.9 Å². The van der Waals surface area contributed by atoms with Gasteiger partial charge in [0.2, 0.25) is 0 Å². The second kappa shape index (κ2) is 9.38. The zero-order chi connectivity index (χ0) is 21.9. The van der Waals surface area contributed by atoms with Gasteiger partial charge in [-0.05, 0) is 18.1 Å². The third kappa shape index (κ3) is 4.27. The molecule has 5 rings (SSSR count). The quantitative estimate of drug-likeness (QED) is 0.664. The highest BCUT2D eigenvalue weighted by atomic mass is 16.6. The first-order valence-electron chi connectivity index (χ1n) is 11.4. The largest absolute Gasteiger partial charge is 0.493 e. The van der Waals surface area contributed by atoms with Crippen LogP contribution in [0.15, 0.2) is 47.6 Å². The smallest absolute Gasteiger partial charge is 0.164 e. The van der Waals surface area contributed by atoms with E-state index in [1.54, 1.807) is 14.2 Å². The van der Waals surface area contributed by atoms with Crippen molar-refractivity contribution in [1.82, 2.24) is 9.80 Å². The van der Waals surface area contributed by atoms with Gasteiger partial charge in [-0.2, -0.15) is 0 Å². The Morgan fingerprint density at radius 2 is 1.69 bits per heavy atom. The van der Waals surface area contributed by atoms with E-state index >= 15 is 0 Å². The molecule has 0 saturated carbocycles. The first-order chi connectivity index (χ1) is 15.7. The van der Waals surface area contributed by atoms with Gasteiger partial charge in [-0.1, -0.05) is 35.5 Å². The standard InChI is InChI=1S/C25H31N3O4/c1-29-22-14-19-21(15-23(22)30-2)31-17-20-24(32-26-25(19)20)16-28-12-10-27(11-13-28)9-8-18-6-4-3-5-7-18/h3-7,14-15,20,24H,8-13,16-17H2,1-2H3/t20-,24-/m0/s1. The van der Waals surface area contributed by atoms with Gasteiger partial charge in [0, 0.05) is 50.9 Å². The van der Waals surface area contributed by atoms with E-state index in [2.05, 4.69) is 45.3 Å². The summed E-state index contributed by atoms with van der Waals surface area (Å²) in [5, 5.41) is 4.46. The van der Waals surface area contributed by atoms with Crippen LogP contribution >= 0.6 is 0 Å². The lowest BCUT2D eigenvalue weighted by atomic mass is 9.90. The van der Waals surface area contributed by atoms with E-state index in [9.17, 15) is 0 Å². The maximum absolute atomic E-state index is 6.07. The van der Waals surface area contributed by atoms with Gasteiger partial charge in [0.15, 0.2) is 17.6 Å². The summed E-state index contributed by atoms with van der Waals surface area (Å²) in [6.07, 6.45) is 1.12. The summed E-state index contributed by atoms with van der Waals surface area (Å²) in [6, 6.07) is 14.5. The molecule has 7 heteroatoms. The molecule has 2 aromatic rings. The predicted octanol–water partition coefficient (Wildman–Crippen LogP) is 2.68. The Morgan fingerprint density at radius 3 is 2.44 bits per heavy atom. The van der Waals surface area contributed by atoms with E-state index in [0.717, 1.165) is 62.7 Å². The highest BCUT2D eigenvalue weighted by Gasteiger charge is 2.41. The lowest BCUT2D eigenvalue weighted by molar-refractivity contribution is 0.00937. The predicted molar refractivity (Wildman–Crippen MR) is 123 cm³/mol. The Bertz CT molecular complexity index is 957. The Morgan fingerprint density at radius 1 is 0.969 bits per heavy atom. The summed E-state index contributed by atoms with van der Waals surface area (Å²) >= 11 is 0. The van der Waals surface area contributed by atoms with Crippen LogP contribution in [0.1, 0.15) is 11.1 Å². The molecule has 1 saturated heterocycles. The topological polar surface area (TPSA) is 55.8 Å². The van der Waals surface area contributed by atoms with E-state index in [1.165, 1.54) is 5.56 Å². The maximum atomic E-state index is 6.07. The first-order valence-corrected chi connectivity index (χ1v) is 11.4. The number of fused-ring (bicyclic) bond motifs is 3. The van der Waals surface area contributed by atoms with E-state index in [1.807, 2.05) is 12.1 Å². The second-order valence-corrected chi connectivity index (χ2v) is 8.62. The summed E-state index contributed by atoms with van der Waals surface area (Å²) in [4.78, 5) is 11.0. The van der Waals surface area contributed by atoms with Crippen LogP contribution in [-0.2, 0) is 11.3 Å². The number of ether oxygens (including phenoxy) is 3. The van der Waals surface area contributed by atoms with Crippen LogP contribution in [0.2, 0.25) is 0 Å². The molecule has 0 N–H and O–H groups in total. The highest BCUT2D eigenvalue weighted by Crippen LogP contribution is 2.40. The van der Waals surface area contributed by atoms with Crippen LogP contribution in [0.4, 0.5) is 0 Å². The van der Waals surface area contributed by atoms with Gasteiger partial charge in [0.1, 0.15) is 18.1 Å². The molecule has 32 heavy (non-hydrogen) atoms. The van der Waals surface area contributed by atoms with Crippen molar-refractivity contribution >= 4 is 5.71 Å². The fraction of sp³-hybridized carbons (Fsp3) is 0.480. The van der Waals surface area contributed by atoms with E-state index in [4.69, 9.17) is 19.0 Å². The number of oxime groups is 1. The SMILES string of the molecule is COc1cc2c(cc1OC)C1=NO[C@@H](CN3CCN(CCc4ccccc4)CC3)[C@@H]1CO2. The summed E-state index contributed by atoms with van der Waals surface area (Å²) in [7, 11) is 3.27. The molecule has 2 atom stereocenters. The molecule has 0 unspecified atom stereocenters. The van der Waals surface area contributed by atoms with Gasteiger partial charge >= 0.3 is 0 Å². The van der Waals surface area contributed by atoms with Crippen molar-refractivity contribution in [3.63, 3.8) is 0 Å². The Labute approximate surface area is 189 Å². The lowest BCUT2D eigenvalue weighted by Crippen LogP contribution is -2.50. The third-order valence-electron chi connectivity index (χ3n) is 6.73. The number of hydrogen-bond donors (Lipinski definition) is 0. The van der Waals surface area contributed by atoms with Crippen LogP contribution in [0.5, 0.6) is 17.2 Å². The fourth-order valence-electron chi connectivity index (χ4n) is 4.78. The fourth-order valence-corrected chi connectivity index (χ4v) is 4.78. The van der Waals surface area contributed by atoms with Crippen molar-refractivity contribution in [3.05, 3.63) is 53.6 Å². The van der Waals surface area contributed by atoms with Crippen molar-refractivity contribution in [2.75, 3.05) is 60.1 Å². The zero-order valence-corrected chi connectivity index (χ0v) is 18.8. The zero-order valence-electron chi connectivity index (χ0n) is 18.8. The van der Waals surface area contributed by atoms with Crippen LogP contribution < -0.4 is 14.2 Å². The highest BCUT2D eigenvalue weighted by molar-refractivity contribution is 6.06. The molecule has 0 aliphatic carbocycles. The van der Waals surface area contributed by atoms with Crippen molar-refractivity contribution in [2.24, 2.45) is 11.1 Å². The second-order valence-electron chi connectivity index (χ2n) is 8.62. The minimum Gasteiger partial charge on any atom is -0.493 e. The normalized spacial score (nSPS) is 22.9. The molecule has 2 aromatic carbocycles. The number of piperazine rings is 1. The number of methoxy groups -OCH3 is 2. The van der Waals surface area contributed by atoms with Crippen molar-refractivity contribution in [2.45, 2.75) is 12.5 Å². The van der Waals surface area contributed by atoms with Crippen molar-refractivity contribution in [3.8, 4) is 17.2 Å². The summed E-state index contributed by atoms with van der Waals surface area (Å²) in [5.41, 5.74) is 3.30. The monoisotopic (exact) mass is 437 g/mol. The molecule has 3 aliphatic rings. The molecule has 0 amide bonds.